The molecule has 2 aliphatic rings. The summed E-state index contributed by atoms with van der Waals surface area (Å²) in [5, 5.41) is 0. The number of piperidine rings is 1. The monoisotopic (exact) mass is 232 g/mol. The number of fused-ring (bicyclic) bond motifs is 1. The normalized spacial score (nSPS) is 25.6. The zero-order valence-electron chi connectivity index (χ0n) is 10.2. The van der Waals surface area contributed by atoms with Gasteiger partial charge < -0.3 is 10.6 Å². The number of hydrogen-bond acceptors (Lipinski definition) is 4. The van der Waals surface area contributed by atoms with Crippen molar-refractivity contribution in [2.45, 2.75) is 25.3 Å². The highest BCUT2D eigenvalue weighted by Crippen LogP contribution is 2.24. The van der Waals surface area contributed by atoms with Gasteiger partial charge in [-0.1, -0.05) is 6.42 Å². The second-order valence-corrected chi connectivity index (χ2v) is 5.07. The molecule has 1 unspecified atom stereocenters. The van der Waals surface area contributed by atoms with Crippen LogP contribution in [0.4, 0.5) is 11.5 Å². The maximum Gasteiger partial charge on any atom is 0.123 e. The molecule has 2 fully saturated rings. The topological polar surface area (TPSA) is 45.4 Å². The van der Waals surface area contributed by atoms with Crippen molar-refractivity contribution >= 4 is 11.5 Å². The van der Waals surface area contributed by atoms with Crippen molar-refractivity contribution in [3.63, 3.8) is 0 Å². The number of nitrogens with two attached hydrogens (primary N) is 1. The van der Waals surface area contributed by atoms with Gasteiger partial charge >= 0.3 is 0 Å². The summed E-state index contributed by atoms with van der Waals surface area (Å²) >= 11 is 0. The van der Waals surface area contributed by atoms with E-state index in [4.69, 9.17) is 5.73 Å². The summed E-state index contributed by atoms with van der Waals surface area (Å²) < 4.78 is 0. The Morgan fingerprint density at radius 2 is 2.12 bits per heavy atom. The van der Waals surface area contributed by atoms with Crippen LogP contribution in [0.25, 0.3) is 0 Å². The molecule has 0 radical (unpaired) electrons. The van der Waals surface area contributed by atoms with E-state index in [1.54, 1.807) is 0 Å². The molecular formula is C13H20N4. The van der Waals surface area contributed by atoms with Gasteiger partial charge in [0.1, 0.15) is 5.82 Å². The largest absolute Gasteiger partial charge is 0.384 e. The molecule has 0 amide bonds. The Balaban J connectivity index is 1.71. The van der Waals surface area contributed by atoms with Crippen LogP contribution in [0.15, 0.2) is 18.3 Å². The van der Waals surface area contributed by atoms with Gasteiger partial charge in [0.05, 0.1) is 11.9 Å². The van der Waals surface area contributed by atoms with Gasteiger partial charge in [0.15, 0.2) is 0 Å². The molecule has 0 aromatic carbocycles. The lowest BCUT2D eigenvalue weighted by Gasteiger charge is -2.44. The fourth-order valence-electron chi connectivity index (χ4n) is 2.98. The Bertz CT molecular complexity index is 376. The molecule has 4 heteroatoms. The summed E-state index contributed by atoms with van der Waals surface area (Å²) in [5.74, 6) is 0.602. The number of pyridine rings is 1. The third-order valence-electron chi connectivity index (χ3n) is 3.97. The van der Waals surface area contributed by atoms with Crippen molar-refractivity contribution < 1.29 is 0 Å². The molecule has 0 bridgehead atoms. The van der Waals surface area contributed by atoms with Crippen molar-refractivity contribution in [3.8, 4) is 0 Å². The van der Waals surface area contributed by atoms with Crippen LogP contribution in [0.3, 0.4) is 0 Å². The van der Waals surface area contributed by atoms with Crippen LogP contribution < -0.4 is 10.6 Å². The first-order chi connectivity index (χ1) is 8.33. The van der Waals surface area contributed by atoms with Crippen molar-refractivity contribution in [1.29, 1.82) is 0 Å². The standard InChI is InChI=1S/C13H20N4/c14-13-5-4-11(9-15-13)17-8-7-16-6-2-1-3-12(16)10-17/h4-5,9,12H,1-3,6-8,10H2,(H2,14,15). The van der Waals surface area contributed by atoms with Crippen LogP contribution in [0.1, 0.15) is 19.3 Å². The zero-order valence-corrected chi connectivity index (χ0v) is 10.2. The van der Waals surface area contributed by atoms with E-state index in [9.17, 15) is 0 Å². The van der Waals surface area contributed by atoms with E-state index < -0.39 is 0 Å². The van der Waals surface area contributed by atoms with Gasteiger partial charge in [-0.25, -0.2) is 4.98 Å². The maximum absolute atomic E-state index is 5.62. The summed E-state index contributed by atoms with van der Waals surface area (Å²) in [6.45, 7) is 4.74. The highest BCUT2D eigenvalue weighted by Gasteiger charge is 2.28. The van der Waals surface area contributed by atoms with E-state index in [0.717, 1.165) is 19.1 Å². The minimum atomic E-state index is 0.602. The molecule has 4 nitrogen and oxygen atoms in total. The van der Waals surface area contributed by atoms with Crippen LogP contribution in [0, 0.1) is 0 Å². The molecule has 1 aromatic rings. The van der Waals surface area contributed by atoms with Gasteiger partial charge in [-0.15, -0.1) is 0 Å². The first-order valence-corrected chi connectivity index (χ1v) is 6.53. The van der Waals surface area contributed by atoms with Crippen LogP contribution in [-0.2, 0) is 0 Å². The molecule has 2 saturated heterocycles. The lowest BCUT2D eigenvalue weighted by molar-refractivity contribution is 0.133. The number of anilines is 2. The van der Waals surface area contributed by atoms with E-state index in [0.29, 0.717) is 5.82 Å². The third-order valence-corrected chi connectivity index (χ3v) is 3.97. The highest BCUT2D eigenvalue weighted by molar-refractivity contribution is 5.48. The predicted molar refractivity (Wildman–Crippen MR) is 70.1 cm³/mol. The van der Waals surface area contributed by atoms with Gasteiger partial charge in [0.25, 0.3) is 0 Å². The molecule has 1 aromatic heterocycles. The van der Waals surface area contributed by atoms with Gasteiger partial charge in [0.2, 0.25) is 0 Å². The summed E-state index contributed by atoms with van der Waals surface area (Å²) in [5.41, 5.74) is 6.84. The van der Waals surface area contributed by atoms with Gasteiger partial charge in [-0.3, -0.25) is 4.90 Å². The minimum Gasteiger partial charge on any atom is -0.384 e. The third kappa shape index (κ3) is 2.22. The Kier molecular flexibility index (Phi) is 2.89. The summed E-state index contributed by atoms with van der Waals surface area (Å²) in [6.07, 6.45) is 6.00. The Hall–Kier alpha value is -1.29. The molecule has 2 N–H and O–H groups in total. The van der Waals surface area contributed by atoms with Crippen LogP contribution in [-0.4, -0.2) is 42.1 Å². The van der Waals surface area contributed by atoms with Crippen molar-refractivity contribution in [2.75, 3.05) is 36.8 Å². The van der Waals surface area contributed by atoms with Crippen molar-refractivity contribution in [2.24, 2.45) is 0 Å². The van der Waals surface area contributed by atoms with E-state index in [2.05, 4.69) is 20.9 Å². The number of piperazine rings is 1. The van der Waals surface area contributed by atoms with E-state index >= 15 is 0 Å². The van der Waals surface area contributed by atoms with Crippen LogP contribution in [0.5, 0.6) is 0 Å². The average Bonchev–Trinajstić information content (AvgIpc) is 2.39. The highest BCUT2D eigenvalue weighted by atomic mass is 15.3. The maximum atomic E-state index is 5.62. The number of aromatic nitrogens is 1. The molecule has 17 heavy (non-hydrogen) atoms. The summed E-state index contributed by atoms with van der Waals surface area (Å²) in [7, 11) is 0. The molecule has 0 spiro atoms. The first kappa shape index (κ1) is 10.8. The quantitative estimate of drug-likeness (QED) is 0.793. The fourth-order valence-corrected chi connectivity index (χ4v) is 2.98. The number of nitrogens with zero attached hydrogens (tertiary/aromatic N) is 3. The lowest BCUT2D eigenvalue weighted by Crippen LogP contribution is -2.54. The predicted octanol–water partition coefficient (Wildman–Crippen LogP) is 1.34. The van der Waals surface area contributed by atoms with Crippen molar-refractivity contribution in [3.05, 3.63) is 18.3 Å². The van der Waals surface area contributed by atoms with Crippen LogP contribution >= 0.6 is 0 Å². The molecule has 92 valence electrons. The van der Waals surface area contributed by atoms with Gasteiger partial charge in [0, 0.05) is 25.7 Å². The lowest BCUT2D eigenvalue weighted by atomic mass is 9.99. The molecule has 3 rings (SSSR count). The van der Waals surface area contributed by atoms with E-state index in [1.807, 2.05) is 12.3 Å². The minimum absolute atomic E-state index is 0.602. The molecule has 1 atom stereocenters. The SMILES string of the molecule is Nc1ccc(N2CCN3CCCCC3C2)cn1. The van der Waals surface area contributed by atoms with Gasteiger partial charge in [-0.2, -0.15) is 0 Å². The average molecular weight is 232 g/mol. The number of nitrogen functional groups attached to an aromatic ring is 1. The number of hydrogen-bond donors (Lipinski definition) is 1. The van der Waals surface area contributed by atoms with E-state index in [1.165, 1.54) is 38.0 Å². The van der Waals surface area contributed by atoms with E-state index in [-0.39, 0.29) is 0 Å². The Morgan fingerprint density at radius 3 is 2.94 bits per heavy atom. The molecular weight excluding hydrogens is 212 g/mol. The fraction of sp³-hybridized carbons (Fsp3) is 0.615. The molecule has 3 heterocycles. The van der Waals surface area contributed by atoms with Crippen LogP contribution in [0.2, 0.25) is 0 Å². The second kappa shape index (κ2) is 4.53. The first-order valence-electron chi connectivity index (χ1n) is 6.53. The van der Waals surface area contributed by atoms with Gasteiger partial charge in [-0.05, 0) is 31.5 Å². The number of rotatable bonds is 1. The molecule has 0 aliphatic carbocycles. The molecule has 0 saturated carbocycles. The Morgan fingerprint density at radius 1 is 1.18 bits per heavy atom. The zero-order chi connectivity index (χ0) is 11.7. The Labute approximate surface area is 102 Å². The molecule has 2 aliphatic heterocycles. The van der Waals surface area contributed by atoms with Crippen molar-refractivity contribution in [1.82, 2.24) is 9.88 Å². The summed E-state index contributed by atoms with van der Waals surface area (Å²) in [6, 6.07) is 4.72. The summed E-state index contributed by atoms with van der Waals surface area (Å²) in [4.78, 5) is 9.27. The smallest absolute Gasteiger partial charge is 0.123 e. The second-order valence-electron chi connectivity index (χ2n) is 5.07.